The number of nitrogens with two attached hydrogens (primary N) is 2. The molecule has 0 aliphatic heterocycles. The van der Waals surface area contributed by atoms with E-state index in [1.807, 2.05) is 0 Å². The third-order valence-electron chi connectivity index (χ3n) is 3.12. The molecule has 188 valence electrons. The fraction of sp³-hybridized carbons (Fsp3) is 0.250. The Morgan fingerprint density at radius 1 is 0.914 bits per heavy atom. The van der Waals surface area contributed by atoms with Gasteiger partial charge in [0, 0.05) is 36.4 Å². The van der Waals surface area contributed by atoms with Crippen LogP contribution in [-0.4, -0.2) is 51.9 Å². The van der Waals surface area contributed by atoms with Gasteiger partial charge in [0.05, 0.1) is 6.61 Å². The molecular weight excluding hydrogens is 547 g/mol. The first-order valence-corrected chi connectivity index (χ1v) is 13.4. The largest absolute Gasteiger partial charge is 0.439 e. The molecule has 0 unspecified atom stereocenters. The van der Waals surface area contributed by atoms with E-state index < -0.39 is 42.0 Å². The van der Waals surface area contributed by atoms with Crippen LogP contribution in [0.25, 0.3) is 0 Å². The molecule has 0 aliphatic carbocycles. The van der Waals surface area contributed by atoms with Crippen molar-refractivity contribution in [3.05, 3.63) is 22.1 Å². The van der Waals surface area contributed by atoms with Crippen molar-refractivity contribution in [2.75, 3.05) is 18.1 Å². The van der Waals surface area contributed by atoms with E-state index >= 15 is 0 Å². The van der Waals surface area contributed by atoms with Crippen molar-refractivity contribution in [2.45, 2.75) is 20.8 Å². The summed E-state index contributed by atoms with van der Waals surface area (Å²) in [6.45, 7) is -0.739. The van der Waals surface area contributed by atoms with Crippen LogP contribution in [0.15, 0.2) is 21.1 Å². The molecule has 15 nitrogen and oxygen atoms in total. The van der Waals surface area contributed by atoms with Gasteiger partial charge in [-0.15, -0.1) is 22.7 Å². The second-order valence-corrected chi connectivity index (χ2v) is 10.4. The first-order valence-electron chi connectivity index (χ1n) is 9.10. The lowest BCUT2D eigenvalue weighted by Gasteiger charge is -2.20. The molecule has 2 aromatic heterocycles. The van der Waals surface area contributed by atoms with Gasteiger partial charge in [0.2, 0.25) is 11.4 Å². The normalized spacial score (nSPS) is 12.1. The number of carbonyl (C=O) groups excluding carboxylic acids is 4. The summed E-state index contributed by atoms with van der Waals surface area (Å²) in [5, 5.41) is 9.67. The minimum Gasteiger partial charge on any atom is -0.377 e. The van der Waals surface area contributed by atoms with Crippen LogP contribution in [-0.2, 0) is 54.2 Å². The van der Waals surface area contributed by atoms with Crippen molar-refractivity contribution in [3.8, 4) is 0 Å². The molecule has 0 aliphatic rings. The number of anilines is 2. The Labute approximate surface area is 210 Å². The highest BCUT2D eigenvalue weighted by Crippen LogP contribution is 2.50. The molecule has 0 saturated carbocycles. The predicted molar refractivity (Wildman–Crippen MR) is 128 cm³/mol. The van der Waals surface area contributed by atoms with Crippen molar-refractivity contribution in [1.82, 2.24) is 9.97 Å². The maximum Gasteiger partial charge on any atom is 0.439 e. The van der Waals surface area contributed by atoms with E-state index in [9.17, 15) is 19.2 Å². The SMILES string of the molecule is CCOP(=S)(OC(=O)/C(=N\OC(C)=O)c1csc(N)n1)OC(=O)/C(=N\OC(C)=O)c1csc(N)n1. The molecule has 0 aromatic carbocycles. The molecule has 2 aromatic rings. The standard InChI is InChI=1S/C16H17N6O9PS3/c1-4-27-32(33,30-13(25)11(21-28-7(2)23)9-5-34-15(17)19-9)31-14(26)12(22-29-8(3)24)10-6-35-16(18)20-10/h5-6H,4H2,1-3H3,(H2,17,19)(H2,18,20)/b21-11-,22-12-. The number of carbonyl (C=O) groups is 4. The summed E-state index contributed by atoms with van der Waals surface area (Å²) in [7, 11) is 0. The van der Waals surface area contributed by atoms with Crippen molar-refractivity contribution >= 4 is 86.8 Å². The average Bonchev–Trinajstić information content (AvgIpc) is 3.36. The second kappa shape index (κ2) is 12.4. The maximum atomic E-state index is 12.8. The summed E-state index contributed by atoms with van der Waals surface area (Å²) in [6.07, 6.45) is 0. The molecule has 0 fully saturated rings. The number of nitrogens with zero attached hydrogens (tertiary/aromatic N) is 4. The predicted octanol–water partition coefficient (Wildman–Crippen LogP) is 1.35. The second-order valence-electron chi connectivity index (χ2n) is 5.81. The van der Waals surface area contributed by atoms with E-state index in [0.717, 1.165) is 36.5 Å². The van der Waals surface area contributed by atoms with E-state index in [1.54, 1.807) is 0 Å². The lowest BCUT2D eigenvalue weighted by atomic mass is 10.3. The van der Waals surface area contributed by atoms with E-state index in [-0.39, 0.29) is 28.3 Å². The van der Waals surface area contributed by atoms with Crippen LogP contribution in [0.5, 0.6) is 0 Å². The fourth-order valence-corrected chi connectivity index (χ4v) is 4.76. The van der Waals surface area contributed by atoms with Crippen LogP contribution in [0.1, 0.15) is 32.2 Å². The molecule has 4 N–H and O–H groups in total. The van der Waals surface area contributed by atoms with Crippen molar-refractivity contribution in [2.24, 2.45) is 10.3 Å². The highest BCUT2D eigenvalue weighted by molar-refractivity contribution is 8.08. The van der Waals surface area contributed by atoms with Gasteiger partial charge in [-0.25, -0.2) is 29.1 Å². The number of hydrogen-bond acceptors (Lipinski definition) is 18. The number of hydrogen-bond donors (Lipinski definition) is 2. The number of aromatic nitrogens is 2. The van der Waals surface area contributed by atoms with Gasteiger partial charge in [-0.1, -0.05) is 10.3 Å². The molecule has 0 spiro atoms. The monoisotopic (exact) mass is 564 g/mol. The molecule has 0 radical (unpaired) electrons. The molecule has 0 atom stereocenters. The van der Waals surface area contributed by atoms with Crippen LogP contribution in [0.2, 0.25) is 0 Å². The Hall–Kier alpha value is -3.31. The number of rotatable bonds is 10. The Balaban J connectivity index is 2.35. The Morgan fingerprint density at radius 2 is 1.31 bits per heavy atom. The van der Waals surface area contributed by atoms with Crippen LogP contribution in [0.3, 0.4) is 0 Å². The summed E-state index contributed by atoms with van der Waals surface area (Å²) in [5.74, 6) is -4.28. The van der Waals surface area contributed by atoms with Crippen molar-refractivity contribution in [3.63, 3.8) is 0 Å². The summed E-state index contributed by atoms with van der Waals surface area (Å²) in [6, 6.07) is 0. The Kier molecular flexibility index (Phi) is 9.90. The minimum atomic E-state index is -4.18. The summed E-state index contributed by atoms with van der Waals surface area (Å²) in [5.41, 5.74) is 9.76. The Morgan fingerprint density at radius 3 is 1.60 bits per heavy atom. The number of oxime groups is 2. The molecule has 0 saturated heterocycles. The van der Waals surface area contributed by atoms with Crippen LogP contribution in [0, 0.1) is 0 Å². The van der Waals surface area contributed by atoms with Gasteiger partial charge in [0.25, 0.3) is 0 Å². The summed E-state index contributed by atoms with van der Waals surface area (Å²) in [4.78, 5) is 64.8. The summed E-state index contributed by atoms with van der Waals surface area (Å²) < 4.78 is 15.5. The van der Waals surface area contributed by atoms with Gasteiger partial charge in [-0.05, 0) is 6.92 Å². The Bertz CT molecular complexity index is 1150. The van der Waals surface area contributed by atoms with Crippen LogP contribution >= 0.6 is 29.4 Å². The lowest BCUT2D eigenvalue weighted by molar-refractivity contribution is -0.142. The topological polar surface area (TPSA) is 217 Å². The van der Waals surface area contributed by atoms with Gasteiger partial charge < -0.3 is 30.2 Å². The zero-order valence-electron chi connectivity index (χ0n) is 18.2. The maximum absolute atomic E-state index is 12.8. The molecule has 0 amide bonds. The van der Waals surface area contributed by atoms with Gasteiger partial charge >= 0.3 is 30.6 Å². The zero-order chi connectivity index (χ0) is 26.2. The molecule has 0 bridgehead atoms. The number of thiazole rings is 2. The fourth-order valence-electron chi connectivity index (χ4n) is 1.91. The van der Waals surface area contributed by atoms with Crippen molar-refractivity contribution < 1.29 is 42.4 Å². The molecule has 2 heterocycles. The van der Waals surface area contributed by atoms with Crippen LogP contribution < -0.4 is 11.5 Å². The van der Waals surface area contributed by atoms with Crippen molar-refractivity contribution in [1.29, 1.82) is 0 Å². The first-order chi connectivity index (χ1) is 16.4. The van der Waals surface area contributed by atoms with E-state index in [4.69, 9.17) is 36.8 Å². The van der Waals surface area contributed by atoms with Gasteiger partial charge in [0.15, 0.2) is 10.3 Å². The first kappa shape index (κ1) is 27.9. The van der Waals surface area contributed by atoms with E-state index in [1.165, 1.54) is 17.7 Å². The lowest BCUT2D eigenvalue weighted by Crippen LogP contribution is -2.24. The molecule has 2 rings (SSSR count). The van der Waals surface area contributed by atoms with Crippen LogP contribution in [0.4, 0.5) is 10.3 Å². The van der Waals surface area contributed by atoms with E-state index in [2.05, 4.69) is 30.0 Å². The smallest absolute Gasteiger partial charge is 0.377 e. The highest BCUT2D eigenvalue weighted by atomic mass is 32.5. The third kappa shape index (κ3) is 8.45. The van der Waals surface area contributed by atoms with Gasteiger partial charge in [-0.2, -0.15) is 0 Å². The quantitative estimate of drug-likeness (QED) is 0.180. The van der Waals surface area contributed by atoms with Gasteiger partial charge in [-0.3, -0.25) is 4.52 Å². The number of nitrogen functional groups attached to an aromatic ring is 2. The third-order valence-corrected chi connectivity index (χ3v) is 6.59. The summed E-state index contributed by atoms with van der Waals surface area (Å²) >= 11 is 7.10. The molecular formula is C16H17N6O9PS3. The van der Waals surface area contributed by atoms with Gasteiger partial charge in [0.1, 0.15) is 11.4 Å². The molecule has 35 heavy (non-hydrogen) atoms. The zero-order valence-corrected chi connectivity index (χ0v) is 21.5. The van der Waals surface area contributed by atoms with E-state index in [0.29, 0.717) is 0 Å². The average molecular weight is 565 g/mol. The highest BCUT2D eigenvalue weighted by Gasteiger charge is 2.35. The molecule has 19 heteroatoms. The minimum absolute atomic E-state index is 0.0767.